The molecule has 3 rings (SSSR count). The van der Waals surface area contributed by atoms with Gasteiger partial charge in [-0.3, -0.25) is 0 Å². The van der Waals surface area contributed by atoms with Gasteiger partial charge in [-0.2, -0.15) is 0 Å². The normalized spacial score (nSPS) is 39.9. The molecule has 4 atom stereocenters. The smallest absolute Gasteiger partial charge is 0.0661 e. The number of hydrogen-bond acceptors (Lipinski definition) is 2. The SMILES string of the molecule is CCOC1CC(NCC2CCCC(C)C2)C12CCCC2. The van der Waals surface area contributed by atoms with Gasteiger partial charge in [0.05, 0.1) is 6.10 Å². The number of hydrogen-bond donors (Lipinski definition) is 1. The number of rotatable bonds is 5. The molecule has 0 amide bonds. The lowest BCUT2D eigenvalue weighted by molar-refractivity contribution is -0.131. The molecular formula is C18H33NO. The highest BCUT2D eigenvalue weighted by Crippen LogP contribution is 2.54. The molecule has 116 valence electrons. The van der Waals surface area contributed by atoms with Crippen LogP contribution in [0, 0.1) is 17.3 Å². The molecule has 20 heavy (non-hydrogen) atoms. The van der Waals surface area contributed by atoms with Crippen LogP contribution >= 0.6 is 0 Å². The van der Waals surface area contributed by atoms with Crippen molar-refractivity contribution in [3.63, 3.8) is 0 Å². The predicted molar refractivity (Wildman–Crippen MR) is 83.8 cm³/mol. The Balaban J connectivity index is 1.50. The Morgan fingerprint density at radius 1 is 1.10 bits per heavy atom. The second-order valence-electron chi connectivity index (χ2n) is 7.72. The van der Waals surface area contributed by atoms with Gasteiger partial charge in [-0.05, 0) is 57.4 Å². The molecule has 0 aromatic rings. The average Bonchev–Trinajstić information content (AvgIpc) is 2.94. The van der Waals surface area contributed by atoms with Gasteiger partial charge in [0.1, 0.15) is 0 Å². The fourth-order valence-corrected chi connectivity index (χ4v) is 5.23. The van der Waals surface area contributed by atoms with Crippen molar-refractivity contribution >= 4 is 0 Å². The summed E-state index contributed by atoms with van der Waals surface area (Å²) < 4.78 is 6.01. The Bertz CT molecular complexity index is 311. The maximum Gasteiger partial charge on any atom is 0.0661 e. The molecule has 0 aliphatic heterocycles. The minimum atomic E-state index is 0.510. The Morgan fingerprint density at radius 2 is 1.90 bits per heavy atom. The predicted octanol–water partition coefficient (Wildman–Crippen LogP) is 4.14. The van der Waals surface area contributed by atoms with E-state index in [1.54, 1.807) is 0 Å². The van der Waals surface area contributed by atoms with E-state index in [1.807, 2.05) is 0 Å². The van der Waals surface area contributed by atoms with Gasteiger partial charge in [0.2, 0.25) is 0 Å². The number of nitrogens with one attached hydrogen (secondary N) is 1. The summed E-state index contributed by atoms with van der Waals surface area (Å²) in [5.74, 6) is 1.89. The molecule has 3 fully saturated rings. The molecule has 4 unspecified atom stereocenters. The zero-order valence-electron chi connectivity index (χ0n) is 13.5. The molecule has 1 spiro atoms. The molecule has 3 aliphatic carbocycles. The summed E-state index contributed by atoms with van der Waals surface area (Å²) in [4.78, 5) is 0. The summed E-state index contributed by atoms with van der Waals surface area (Å²) in [6, 6.07) is 0.749. The Morgan fingerprint density at radius 3 is 2.60 bits per heavy atom. The molecule has 0 heterocycles. The molecule has 3 saturated carbocycles. The van der Waals surface area contributed by atoms with Gasteiger partial charge in [-0.1, -0.05) is 32.6 Å². The van der Waals surface area contributed by atoms with Gasteiger partial charge in [0.15, 0.2) is 0 Å². The molecule has 0 aromatic heterocycles. The van der Waals surface area contributed by atoms with Crippen molar-refractivity contribution in [1.29, 1.82) is 0 Å². The third-order valence-electron chi connectivity index (χ3n) is 6.39. The van der Waals surface area contributed by atoms with E-state index in [0.29, 0.717) is 11.5 Å². The third-order valence-corrected chi connectivity index (χ3v) is 6.39. The van der Waals surface area contributed by atoms with Crippen LogP contribution in [0.5, 0.6) is 0 Å². The van der Waals surface area contributed by atoms with E-state index in [1.165, 1.54) is 64.3 Å². The van der Waals surface area contributed by atoms with Gasteiger partial charge < -0.3 is 10.1 Å². The Labute approximate surface area is 125 Å². The average molecular weight is 279 g/mol. The standard InChI is InChI=1S/C18H33NO/c1-3-20-17-12-16(18(17)9-4-5-10-18)19-13-15-8-6-7-14(2)11-15/h14-17,19H,3-13H2,1-2H3. The summed E-state index contributed by atoms with van der Waals surface area (Å²) >= 11 is 0. The van der Waals surface area contributed by atoms with Crippen LogP contribution in [0.15, 0.2) is 0 Å². The molecular weight excluding hydrogens is 246 g/mol. The Hall–Kier alpha value is -0.0800. The van der Waals surface area contributed by atoms with Crippen LogP contribution in [-0.4, -0.2) is 25.3 Å². The lowest BCUT2D eigenvalue weighted by atomic mass is 9.60. The fourth-order valence-electron chi connectivity index (χ4n) is 5.23. The molecule has 2 heteroatoms. The van der Waals surface area contributed by atoms with E-state index in [-0.39, 0.29) is 0 Å². The van der Waals surface area contributed by atoms with E-state index >= 15 is 0 Å². The van der Waals surface area contributed by atoms with Gasteiger partial charge in [0, 0.05) is 18.1 Å². The van der Waals surface area contributed by atoms with Crippen LogP contribution in [0.2, 0.25) is 0 Å². The summed E-state index contributed by atoms with van der Waals surface area (Å²) in [5, 5.41) is 3.95. The quantitative estimate of drug-likeness (QED) is 0.816. The number of ether oxygens (including phenoxy) is 1. The van der Waals surface area contributed by atoms with Crippen molar-refractivity contribution in [3.05, 3.63) is 0 Å². The largest absolute Gasteiger partial charge is 0.378 e. The van der Waals surface area contributed by atoms with E-state index in [9.17, 15) is 0 Å². The van der Waals surface area contributed by atoms with Crippen molar-refractivity contribution in [2.45, 2.75) is 83.8 Å². The first-order valence-electron chi connectivity index (χ1n) is 9.09. The van der Waals surface area contributed by atoms with Crippen molar-refractivity contribution in [3.8, 4) is 0 Å². The molecule has 1 N–H and O–H groups in total. The third kappa shape index (κ3) is 2.78. The summed E-state index contributed by atoms with van der Waals surface area (Å²) in [5.41, 5.74) is 0.510. The molecule has 0 bridgehead atoms. The van der Waals surface area contributed by atoms with Crippen LogP contribution in [0.3, 0.4) is 0 Å². The molecule has 0 aromatic carbocycles. The van der Waals surface area contributed by atoms with Crippen molar-refractivity contribution in [2.75, 3.05) is 13.2 Å². The first-order valence-corrected chi connectivity index (χ1v) is 9.09. The van der Waals surface area contributed by atoms with Crippen LogP contribution in [0.1, 0.15) is 71.6 Å². The fraction of sp³-hybridized carbons (Fsp3) is 1.00. The zero-order chi connectivity index (χ0) is 14.0. The molecule has 2 nitrogen and oxygen atoms in total. The van der Waals surface area contributed by atoms with E-state index in [0.717, 1.165) is 24.5 Å². The van der Waals surface area contributed by atoms with Crippen molar-refractivity contribution in [1.82, 2.24) is 5.32 Å². The maximum absolute atomic E-state index is 6.01. The maximum atomic E-state index is 6.01. The lowest BCUT2D eigenvalue weighted by Gasteiger charge is -2.54. The van der Waals surface area contributed by atoms with Crippen LogP contribution in [-0.2, 0) is 4.74 Å². The summed E-state index contributed by atoms with van der Waals surface area (Å²) in [6.07, 6.45) is 13.3. The van der Waals surface area contributed by atoms with Crippen LogP contribution in [0.25, 0.3) is 0 Å². The topological polar surface area (TPSA) is 21.3 Å². The van der Waals surface area contributed by atoms with Gasteiger partial charge >= 0.3 is 0 Å². The minimum Gasteiger partial charge on any atom is -0.378 e. The van der Waals surface area contributed by atoms with Gasteiger partial charge in [0.25, 0.3) is 0 Å². The molecule has 3 aliphatic rings. The van der Waals surface area contributed by atoms with Crippen LogP contribution < -0.4 is 5.32 Å². The summed E-state index contributed by atoms with van der Waals surface area (Å²) in [6.45, 7) is 6.72. The van der Waals surface area contributed by atoms with E-state index in [4.69, 9.17) is 4.74 Å². The van der Waals surface area contributed by atoms with Crippen molar-refractivity contribution < 1.29 is 4.74 Å². The first kappa shape index (κ1) is 14.8. The molecule has 0 saturated heterocycles. The van der Waals surface area contributed by atoms with E-state index < -0.39 is 0 Å². The highest BCUT2D eigenvalue weighted by Gasteiger charge is 2.56. The lowest BCUT2D eigenvalue weighted by Crippen LogP contribution is -2.63. The minimum absolute atomic E-state index is 0.510. The second kappa shape index (κ2) is 6.36. The van der Waals surface area contributed by atoms with Crippen molar-refractivity contribution in [2.24, 2.45) is 17.3 Å². The van der Waals surface area contributed by atoms with Gasteiger partial charge in [-0.25, -0.2) is 0 Å². The highest BCUT2D eigenvalue weighted by molar-refractivity contribution is 5.10. The zero-order valence-corrected chi connectivity index (χ0v) is 13.5. The second-order valence-corrected chi connectivity index (χ2v) is 7.72. The van der Waals surface area contributed by atoms with Gasteiger partial charge in [-0.15, -0.1) is 0 Å². The van der Waals surface area contributed by atoms with E-state index in [2.05, 4.69) is 19.2 Å². The Kier molecular flexibility index (Phi) is 4.72. The van der Waals surface area contributed by atoms with Crippen LogP contribution in [0.4, 0.5) is 0 Å². The molecule has 0 radical (unpaired) electrons. The monoisotopic (exact) mass is 279 g/mol. The summed E-state index contributed by atoms with van der Waals surface area (Å²) in [7, 11) is 0. The first-order chi connectivity index (χ1) is 9.74. The highest BCUT2D eigenvalue weighted by atomic mass is 16.5.